The molecule has 2 N–H and O–H groups in total. The number of rotatable bonds is 4. The Morgan fingerprint density at radius 2 is 1.15 bits per heavy atom. The summed E-state index contributed by atoms with van der Waals surface area (Å²) < 4.78 is 26.1. The SMILES string of the molecule is Cc1ccc(NC(=O)c2ccc(C(=O)Nc3ccc(F)c(F)c3)cc2)cc1. The molecule has 0 saturated heterocycles. The van der Waals surface area contributed by atoms with E-state index >= 15 is 0 Å². The Hall–Kier alpha value is -3.54. The Labute approximate surface area is 154 Å². The molecule has 0 radical (unpaired) electrons. The first-order valence-electron chi connectivity index (χ1n) is 8.17. The van der Waals surface area contributed by atoms with E-state index in [-0.39, 0.29) is 17.2 Å². The van der Waals surface area contributed by atoms with Gasteiger partial charge in [-0.15, -0.1) is 0 Å². The molecule has 0 bridgehead atoms. The smallest absolute Gasteiger partial charge is 0.255 e. The molecule has 0 atom stereocenters. The molecule has 0 heterocycles. The van der Waals surface area contributed by atoms with Crippen LogP contribution in [0.5, 0.6) is 0 Å². The van der Waals surface area contributed by atoms with Gasteiger partial charge in [0.25, 0.3) is 11.8 Å². The van der Waals surface area contributed by atoms with Crippen molar-refractivity contribution < 1.29 is 18.4 Å². The summed E-state index contributed by atoms with van der Waals surface area (Å²) in [7, 11) is 0. The lowest BCUT2D eigenvalue weighted by molar-refractivity contribution is 0.101. The fraction of sp³-hybridized carbons (Fsp3) is 0.0476. The molecule has 4 nitrogen and oxygen atoms in total. The summed E-state index contributed by atoms with van der Waals surface area (Å²) in [5.41, 5.74) is 2.57. The summed E-state index contributed by atoms with van der Waals surface area (Å²) in [4.78, 5) is 24.4. The Morgan fingerprint density at radius 1 is 0.667 bits per heavy atom. The average Bonchev–Trinajstić information content (AvgIpc) is 2.66. The summed E-state index contributed by atoms with van der Waals surface area (Å²) in [6.07, 6.45) is 0. The third-order valence-electron chi connectivity index (χ3n) is 3.90. The van der Waals surface area contributed by atoms with Crippen molar-refractivity contribution in [3.8, 4) is 0 Å². The molecule has 2 amide bonds. The van der Waals surface area contributed by atoms with E-state index < -0.39 is 17.5 Å². The second kappa shape index (κ2) is 7.78. The maximum atomic E-state index is 13.2. The lowest BCUT2D eigenvalue weighted by atomic mass is 10.1. The standard InChI is InChI=1S/C21H16F2N2O2/c1-13-2-8-16(9-3-13)24-20(26)14-4-6-15(7-5-14)21(27)25-17-10-11-18(22)19(23)12-17/h2-12H,1H3,(H,24,26)(H,25,27). The minimum absolute atomic E-state index is 0.139. The Kier molecular flexibility index (Phi) is 5.26. The van der Waals surface area contributed by atoms with E-state index in [1.807, 2.05) is 19.1 Å². The molecular weight excluding hydrogens is 350 g/mol. The monoisotopic (exact) mass is 366 g/mol. The van der Waals surface area contributed by atoms with Crippen molar-refractivity contribution in [1.82, 2.24) is 0 Å². The Balaban J connectivity index is 1.66. The lowest BCUT2D eigenvalue weighted by Gasteiger charge is -2.08. The van der Waals surface area contributed by atoms with Gasteiger partial charge in [0.2, 0.25) is 0 Å². The highest BCUT2D eigenvalue weighted by Crippen LogP contribution is 2.15. The van der Waals surface area contributed by atoms with Crippen molar-refractivity contribution in [2.24, 2.45) is 0 Å². The van der Waals surface area contributed by atoms with Crippen LogP contribution >= 0.6 is 0 Å². The minimum Gasteiger partial charge on any atom is -0.322 e. The maximum Gasteiger partial charge on any atom is 0.255 e. The number of amides is 2. The van der Waals surface area contributed by atoms with Gasteiger partial charge in [-0.2, -0.15) is 0 Å². The van der Waals surface area contributed by atoms with Crippen LogP contribution in [-0.4, -0.2) is 11.8 Å². The van der Waals surface area contributed by atoms with Gasteiger partial charge in [-0.25, -0.2) is 8.78 Å². The number of nitrogens with one attached hydrogen (secondary N) is 2. The van der Waals surface area contributed by atoms with E-state index in [0.717, 1.165) is 17.7 Å². The van der Waals surface area contributed by atoms with Gasteiger partial charge >= 0.3 is 0 Å². The van der Waals surface area contributed by atoms with E-state index in [1.54, 1.807) is 12.1 Å². The molecule has 0 aliphatic heterocycles. The van der Waals surface area contributed by atoms with Gasteiger partial charge in [0.05, 0.1) is 0 Å². The van der Waals surface area contributed by atoms with Crippen molar-refractivity contribution in [3.05, 3.63) is 95.1 Å². The molecule has 136 valence electrons. The molecule has 3 rings (SSSR count). The van der Waals surface area contributed by atoms with Crippen LogP contribution in [0.3, 0.4) is 0 Å². The molecule has 0 aromatic heterocycles. The van der Waals surface area contributed by atoms with Gasteiger partial charge in [0.1, 0.15) is 0 Å². The van der Waals surface area contributed by atoms with Crippen LogP contribution in [0, 0.1) is 18.6 Å². The zero-order valence-electron chi connectivity index (χ0n) is 14.4. The lowest BCUT2D eigenvalue weighted by Crippen LogP contribution is -2.14. The van der Waals surface area contributed by atoms with E-state index in [1.165, 1.54) is 30.3 Å². The molecule has 3 aromatic carbocycles. The summed E-state index contributed by atoms with van der Waals surface area (Å²) in [6, 6.07) is 16.5. The first-order valence-corrected chi connectivity index (χ1v) is 8.17. The minimum atomic E-state index is -1.05. The van der Waals surface area contributed by atoms with Gasteiger partial charge in [-0.1, -0.05) is 17.7 Å². The second-order valence-corrected chi connectivity index (χ2v) is 5.98. The molecule has 3 aromatic rings. The van der Waals surface area contributed by atoms with E-state index in [0.29, 0.717) is 11.3 Å². The van der Waals surface area contributed by atoms with Crippen LogP contribution in [-0.2, 0) is 0 Å². The third kappa shape index (κ3) is 4.55. The molecule has 0 spiro atoms. The van der Waals surface area contributed by atoms with Crippen LogP contribution in [0.4, 0.5) is 20.2 Å². The van der Waals surface area contributed by atoms with Gasteiger partial charge in [0, 0.05) is 28.6 Å². The number of anilines is 2. The summed E-state index contributed by atoms with van der Waals surface area (Å²) in [5.74, 6) is -2.83. The zero-order chi connectivity index (χ0) is 19.4. The summed E-state index contributed by atoms with van der Waals surface area (Å²) >= 11 is 0. The fourth-order valence-electron chi connectivity index (χ4n) is 2.39. The Morgan fingerprint density at radius 3 is 1.67 bits per heavy atom. The van der Waals surface area contributed by atoms with Gasteiger partial charge < -0.3 is 10.6 Å². The molecule has 6 heteroatoms. The third-order valence-corrected chi connectivity index (χ3v) is 3.90. The van der Waals surface area contributed by atoms with Crippen LogP contribution < -0.4 is 10.6 Å². The first kappa shape index (κ1) is 18.3. The molecule has 0 saturated carbocycles. The number of carbonyl (C=O) groups excluding carboxylic acids is 2. The van der Waals surface area contributed by atoms with Crippen molar-refractivity contribution >= 4 is 23.2 Å². The highest BCUT2D eigenvalue weighted by atomic mass is 19.2. The first-order chi connectivity index (χ1) is 12.9. The molecule has 0 fully saturated rings. The molecule has 0 aliphatic carbocycles. The largest absolute Gasteiger partial charge is 0.322 e. The molecule has 0 unspecified atom stereocenters. The Bertz CT molecular complexity index is 984. The number of carbonyl (C=O) groups is 2. The van der Waals surface area contributed by atoms with Crippen LogP contribution in [0.15, 0.2) is 66.7 Å². The number of hydrogen-bond donors (Lipinski definition) is 2. The molecule has 27 heavy (non-hydrogen) atoms. The molecular formula is C21H16F2N2O2. The zero-order valence-corrected chi connectivity index (χ0v) is 14.4. The maximum absolute atomic E-state index is 13.2. The highest BCUT2D eigenvalue weighted by molar-refractivity contribution is 6.07. The van der Waals surface area contributed by atoms with Crippen molar-refractivity contribution in [2.45, 2.75) is 6.92 Å². The highest BCUT2D eigenvalue weighted by Gasteiger charge is 2.11. The number of hydrogen-bond acceptors (Lipinski definition) is 2. The number of halogens is 2. The van der Waals surface area contributed by atoms with E-state index in [4.69, 9.17) is 0 Å². The summed E-state index contributed by atoms with van der Waals surface area (Å²) in [6.45, 7) is 1.95. The molecule has 0 aliphatic rings. The van der Waals surface area contributed by atoms with E-state index in [2.05, 4.69) is 10.6 Å². The quantitative estimate of drug-likeness (QED) is 0.698. The van der Waals surface area contributed by atoms with Gasteiger partial charge in [0.15, 0.2) is 11.6 Å². The van der Waals surface area contributed by atoms with Crippen LogP contribution in [0.25, 0.3) is 0 Å². The average molecular weight is 366 g/mol. The summed E-state index contributed by atoms with van der Waals surface area (Å²) in [5, 5.41) is 5.24. The van der Waals surface area contributed by atoms with Gasteiger partial charge in [-0.3, -0.25) is 9.59 Å². The fourth-order valence-corrected chi connectivity index (χ4v) is 2.39. The van der Waals surface area contributed by atoms with Crippen molar-refractivity contribution in [3.63, 3.8) is 0 Å². The van der Waals surface area contributed by atoms with Gasteiger partial charge in [-0.05, 0) is 55.5 Å². The second-order valence-electron chi connectivity index (χ2n) is 5.98. The van der Waals surface area contributed by atoms with E-state index in [9.17, 15) is 18.4 Å². The number of aryl methyl sites for hydroxylation is 1. The normalized spacial score (nSPS) is 10.3. The number of benzene rings is 3. The predicted octanol–water partition coefficient (Wildman–Crippen LogP) is 4.78. The van der Waals surface area contributed by atoms with Crippen LogP contribution in [0.2, 0.25) is 0 Å². The van der Waals surface area contributed by atoms with Crippen molar-refractivity contribution in [1.29, 1.82) is 0 Å². The van der Waals surface area contributed by atoms with Crippen LogP contribution in [0.1, 0.15) is 26.3 Å². The topological polar surface area (TPSA) is 58.2 Å². The van der Waals surface area contributed by atoms with Crippen molar-refractivity contribution in [2.75, 3.05) is 10.6 Å². The predicted molar refractivity (Wildman–Crippen MR) is 99.9 cm³/mol.